The number of aryl methyl sites for hydroxylation is 1. The number of rotatable bonds is 3. The third-order valence-electron chi connectivity index (χ3n) is 5.27. The molecule has 2 heterocycles. The third kappa shape index (κ3) is 3.24. The molecule has 2 heteroatoms. The van der Waals surface area contributed by atoms with Crippen molar-refractivity contribution in [3.8, 4) is 0 Å². The SMILES string of the molecule is Cc1ccc(CCN2CCC3C(CCCN3C)C2)cc1. The number of likely N-dealkylation sites (tertiary alicyclic amines) is 2. The van der Waals surface area contributed by atoms with Crippen LogP contribution < -0.4 is 0 Å². The van der Waals surface area contributed by atoms with Crippen LogP contribution in [0.15, 0.2) is 24.3 Å². The van der Waals surface area contributed by atoms with Gasteiger partial charge in [-0.05, 0) is 64.2 Å². The van der Waals surface area contributed by atoms with E-state index in [0.29, 0.717) is 0 Å². The Morgan fingerprint density at radius 3 is 2.70 bits per heavy atom. The molecule has 0 radical (unpaired) electrons. The van der Waals surface area contributed by atoms with E-state index in [0.717, 1.165) is 12.0 Å². The molecule has 2 nitrogen and oxygen atoms in total. The monoisotopic (exact) mass is 272 g/mol. The van der Waals surface area contributed by atoms with Crippen molar-refractivity contribution in [1.82, 2.24) is 9.80 Å². The van der Waals surface area contributed by atoms with E-state index >= 15 is 0 Å². The van der Waals surface area contributed by atoms with E-state index in [1.54, 1.807) is 0 Å². The maximum Gasteiger partial charge on any atom is 0.0145 e. The van der Waals surface area contributed by atoms with Gasteiger partial charge in [0.05, 0.1) is 0 Å². The Bertz CT molecular complexity index is 426. The third-order valence-corrected chi connectivity index (χ3v) is 5.27. The van der Waals surface area contributed by atoms with Crippen molar-refractivity contribution < 1.29 is 0 Å². The van der Waals surface area contributed by atoms with Crippen LogP contribution in [-0.4, -0.2) is 49.1 Å². The molecule has 1 aromatic rings. The maximum atomic E-state index is 2.69. The molecule has 0 spiro atoms. The lowest BCUT2D eigenvalue weighted by atomic mass is 9.84. The molecule has 0 N–H and O–H groups in total. The van der Waals surface area contributed by atoms with Gasteiger partial charge in [-0.2, -0.15) is 0 Å². The van der Waals surface area contributed by atoms with Crippen LogP contribution in [0, 0.1) is 12.8 Å². The average Bonchev–Trinajstić information content (AvgIpc) is 2.47. The summed E-state index contributed by atoms with van der Waals surface area (Å²) in [6.07, 6.45) is 5.40. The van der Waals surface area contributed by atoms with E-state index in [1.807, 2.05) is 0 Å². The molecule has 20 heavy (non-hydrogen) atoms. The van der Waals surface area contributed by atoms with Gasteiger partial charge in [0.2, 0.25) is 0 Å². The minimum Gasteiger partial charge on any atom is -0.303 e. The molecular weight excluding hydrogens is 244 g/mol. The second-order valence-electron chi connectivity index (χ2n) is 6.78. The van der Waals surface area contributed by atoms with Crippen molar-refractivity contribution in [3.63, 3.8) is 0 Å². The molecule has 0 aliphatic carbocycles. The molecule has 2 aliphatic rings. The first kappa shape index (κ1) is 14.1. The fourth-order valence-electron chi connectivity index (χ4n) is 3.97. The summed E-state index contributed by atoms with van der Waals surface area (Å²) in [5, 5.41) is 0. The van der Waals surface area contributed by atoms with Crippen LogP contribution in [0.1, 0.15) is 30.4 Å². The van der Waals surface area contributed by atoms with Gasteiger partial charge < -0.3 is 9.80 Å². The quantitative estimate of drug-likeness (QED) is 0.835. The molecule has 0 bridgehead atoms. The summed E-state index contributed by atoms with van der Waals surface area (Å²) in [6.45, 7) is 7.31. The van der Waals surface area contributed by atoms with Gasteiger partial charge in [-0.3, -0.25) is 0 Å². The summed E-state index contributed by atoms with van der Waals surface area (Å²) in [5.41, 5.74) is 2.85. The summed E-state index contributed by atoms with van der Waals surface area (Å²) in [6, 6.07) is 9.90. The zero-order chi connectivity index (χ0) is 13.9. The summed E-state index contributed by atoms with van der Waals surface area (Å²) < 4.78 is 0. The minimum atomic E-state index is 0.861. The van der Waals surface area contributed by atoms with Gasteiger partial charge in [0.1, 0.15) is 0 Å². The smallest absolute Gasteiger partial charge is 0.0145 e. The van der Waals surface area contributed by atoms with Crippen molar-refractivity contribution in [2.75, 3.05) is 33.2 Å². The summed E-state index contributed by atoms with van der Waals surface area (Å²) in [5.74, 6) is 0.917. The minimum absolute atomic E-state index is 0.861. The number of hydrogen-bond acceptors (Lipinski definition) is 2. The Labute approximate surface area is 123 Å². The van der Waals surface area contributed by atoms with Crippen LogP contribution in [0.4, 0.5) is 0 Å². The molecule has 2 aliphatic heterocycles. The average molecular weight is 272 g/mol. The zero-order valence-electron chi connectivity index (χ0n) is 13.0. The molecule has 1 aromatic carbocycles. The first-order valence-corrected chi connectivity index (χ1v) is 8.20. The molecule has 2 saturated heterocycles. The van der Waals surface area contributed by atoms with E-state index in [2.05, 4.69) is 48.0 Å². The fraction of sp³-hybridized carbons (Fsp3) is 0.667. The molecule has 0 saturated carbocycles. The van der Waals surface area contributed by atoms with Gasteiger partial charge in [0.25, 0.3) is 0 Å². The lowest BCUT2D eigenvalue weighted by Gasteiger charge is -2.46. The van der Waals surface area contributed by atoms with Crippen LogP contribution in [0.2, 0.25) is 0 Å². The number of benzene rings is 1. The van der Waals surface area contributed by atoms with Gasteiger partial charge in [0, 0.05) is 19.1 Å². The Hall–Kier alpha value is -0.860. The summed E-state index contributed by atoms with van der Waals surface area (Å²) in [4.78, 5) is 5.30. The van der Waals surface area contributed by atoms with E-state index in [-0.39, 0.29) is 0 Å². The standard InChI is InChI=1S/C18H28N2/c1-15-5-7-16(8-6-15)9-12-20-13-10-18-17(14-20)4-3-11-19(18)2/h5-8,17-18H,3-4,9-14H2,1-2H3. The van der Waals surface area contributed by atoms with E-state index in [9.17, 15) is 0 Å². The van der Waals surface area contributed by atoms with Crippen LogP contribution in [-0.2, 0) is 6.42 Å². The van der Waals surface area contributed by atoms with Gasteiger partial charge in [0.15, 0.2) is 0 Å². The van der Waals surface area contributed by atoms with Crippen LogP contribution in [0.3, 0.4) is 0 Å². The highest BCUT2D eigenvalue weighted by Gasteiger charge is 2.33. The van der Waals surface area contributed by atoms with Crippen molar-refractivity contribution in [3.05, 3.63) is 35.4 Å². The summed E-state index contributed by atoms with van der Waals surface area (Å²) in [7, 11) is 2.32. The Kier molecular flexibility index (Phi) is 4.42. The van der Waals surface area contributed by atoms with Crippen LogP contribution in [0.25, 0.3) is 0 Å². The van der Waals surface area contributed by atoms with Crippen LogP contribution >= 0.6 is 0 Å². The molecule has 2 atom stereocenters. The van der Waals surface area contributed by atoms with Crippen molar-refractivity contribution >= 4 is 0 Å². The zero-order valence-corrected chi connectivity index (χ0v) is 13.0. The van der Waals surface area contributed by atoms with Gasteiger partial charge in [-0.1, -0.05) is 29.8 Å². The lowest BCUT2D eigenvalue weighted by Crippen LogP contribution is -2.52. The van der Waals surface area contributed by atoms with Crippen LogP contribution in [0.5, 0.6) is 0 Å². The summed E-state index contributed by atoms with van der Waals surface area (Å²) >= 11 is 0. The number of piperidine rings is 2. The highest BCUT2D eigenvalue weighted by Crippen LogP contribution is 2.29. The van der Waals surface area contributed by atoms with Gasteiger partial charge in [-0.15, -0.1) is 0 Å². The Balaban J connectivity index is 1.51. The molecule has 0 amide bonds. The molecule has 3 rings (SSSR count). The fourth-order valence-corrected chi connectivity index (χ4v) is 3.97. The molecule has 110 valence electrons. The Morgan fingerprint density at radius 1 is 1.10 bits per heavy atom. The number of nitrogens with zero attached hydrogens (tertiary/aromatic N) is 2. The first-order valence-electron chi connectivity index (χ1n) is 8.20. The predicted octanol–water partition coefficient (Wildman–Crippen LogP) is 2.95. The molecule has 0 aromatic heterocycles. The van der Waals surface area contributed by atoms with Crippen molar-refractivity contribution in [1.29, 1.82) is 0 Å². The Morgan fingerprint density at radius 2 is 1.90 bits per heavy atom. The highest BCUT2D eigenvalue weighted by atomic mass is 15.2. The van der Waals surface area contributed by atoms with Gasteiger partial charge in [-0.25, -0.2) is 0 Å². The topological polar surface area (TPSA) is 6.48 Å². The number of hydrogen-bond donors (Lipinski definition) is 0. The van der Waals surface area contributed by atoms with E-state index in [4.69, 9.17) is 0 Å². The highest BCUT2D eigenvalue weighted by molar-refractivity contribution is 5.21. The first-order chi connectivity index (χ1) is 9.72. The van der Waals surface area contributed by atoms with Crippen molar-refractivity contribution in [2.24, 2.45) is 5.92 Å². The van der Waals surface area contributed by atoms with E-state index < -0.39 is 0 Å². The van der Waals surface area contributed by atoms with E-state index in [1.165, 1.54) is 63.0 Å². The molecule has 2 unspecified atom stereocenters. The normalized spacial score (nSPS) is 28.3. The second kappa shape index (κ2) is 6.28. The molecule has 2 fully saturated rings. The molecular formula is C18H28N2. The maximum absolute atomic E-state index is 2.69. The number of fused-ring (bicyclic) bond motifs is 1. The largest absolute Gasteiger partial charge is 0.303 e. The second-order valence-corrected chi connectivity index (χ2v) is 6.78. The predicted molar refractivity (Wildman–Crippen MR) is 85.1 cm³/mol. The lowest BCUT2D eigenvalue weighted by molar-refractivity contribution is 0.0391. The van der Waals surface area contributed by atoms with Gasteiger partial charge >= 0.3 is 0 Å². The van der Waals surface area contributed by atoms with Crippen molar-refractivity contribution in [2.45, 2.75) is 38.6 Å².